The van der Waals surface area contributed by atoms with Crippen molar-refractivity contribution in [3.63, 3.8) is 0 Å². The molecule has 1 amide bonds. The van der Waals surface area contributed by atoms with Gasteiger partial charge >= 0.3 is 0 Å². The van der Waals surface area contributed by atoms with Crippen LogP contribution in [-0.2, 0) is 16.4 Å². The van der Waals surface area contributed by atoms with E-state index >= 15 is 0 Å². The molecule has 1 saturated heterocycles. The molecule has 0 radical (unpaired) electrons. The molecule has 1 fully saturated rings. The molecule has 0 bridgehead atoms. The number of nitrogens with one attached hydrogen (secondary N) is 1. The highest BCUT2D eigenvalue weighted by atomic mass is 35.5. The van der Waals surface area contributed by atoms with Gasteiger partial charge in [0.05, 0.1) is 39.5 Å². The smallest absolute Gasteiger partial charge is 0.256 e. The zero-order chi connectivity index (χ0) is 34.1. The Morgan fingerprint density at radius 2 is 1.67 bits per heavy atom. The number of sulfonamides is 1. The van der Waals surface area contributed by atoms with E-state index in [1.807, 2.05) is 24.3 Å². The highest BCUT2D eigenvalue weighted by molar-refractivity contribution is 7.89. The third-order valence-electron chi connectivity index (χ3n) is 8.93. The second-order valence-electron chi connectivity index (χ2n) is 12.0. The van der Waals surface area contributed by atoms with Gasteiger partial charge in [-0.3, -0.25) is 4.79 Å². The summed E-state index contributed by atoms with van der Waals surface area (Å²) >= 11 is 6.35. The second-order valence-corrected chi connectivity index (χ2v) is 14.3. The molecular formula is C38H33ClFN3O5S. The van der Waals surface area contributed by atoms with E-state index < -0.39 is 21.7 Å². The fourth-order valence-corrected chi connectivity index (χ4v) is 8.24. The molecule has 7 rings (SSSR count). The van der Waals surface area contributed by atoms with Gasteiger partial charge in [-0.2, -0.15) is 4.31 Å². The van der Waals surface area contributed by atoms with Crippen molar-refractivity contribution >= 4 is 55.8 Å². The average Bonchev–Trinajstić information content (AvgIpc) is 3.51. The molecule has 8 nitrogen and oxygen atoms in total. The number of allylic oxidation sites excluding steroid dienone is 1. The van der Waals surface area contributed by atoms with E-state index in [1.54, 1.807) is 48.5 Å². The fraction of sp³-hybridized carbons (Fsp3) is 0.211. The van der Waals surface area contributed by atoms with Gasteiger partial charge < -0.3 is 14.8 Å². The summed E-state index contributed by atoms with van der Waals surface area (Å²) in [7, 11) is -2.31. The molecule has 5 aromatic rings. The van der Waals surface area contributed by atoms with Crippen LogP contribution in [0.1, 0.15) is 52.9 Å². The maximum atomic E-state index is 14.8. The predicted molar refractivity (Wildman–Crippen MR) is 189 cm³/mol. The Hall–Kier alpha value is -4.77. The largest absolute Gasteiger partial charge is 0.493 e. The van der Waals surface area contributed by atoms with E-state index in [-0.39, 0.29) is 26.9 Å². The van der Waals surface area contributed by atoms with Gasteiger partial charge in [0.2, 0.25) is 10.0 Å². The molecule has 250 valence electrons. The van der Waals surface area contributed by atoms with Crippen molar-refractivity contribution in [1.82, 2.24) is 9.29 Å². The van der Waals surface area contributed by atoms with Gasteiger partial charge in [-0.15, -0.1) is 0 Å². The van der Waals surface area contributed by atoms with Crippen LogP contribution >= 0.6 is 11.6 Å². The summed E-state index contributed by atoms with van der Waals surface area (Å²) in [6, 6.07) is 23.4. The number of ether oxygens (including phenoxy) is 2. The Morgan fingerprint density at radius 1 is 0.918 bits per heavy atom. The Labute approximate surface area is 289 Å². The molecule has 0 saturated carbocycles. The summed E-state index contributed by atoms with van der Waals surface area (Å²) in [5, 5.41) is 3.90. The van der Waals surface area contributed by atoms with Gasteiger partial charge in [0, 0.05) is 24.0 Å². The SMILES string of the molecule is COc1ccccc1Oc1ccc(S(=O)(=O)N2CCCCC2)cc1NC(=O)c1c2c(nc3ccccc13)/C(=C/c1c(F)cccc1Cl)CC2. The third-order valence-corrected chi connectivity index (χ3v) is 11.2. The minimum Gasteiger partial charge on any atom is -0.493 e. The number of para-hydroxylation sites is 3. The van der Waals surface area contributed by atoms with E-state index in [4.69, 9.17) is 26.1 Å². The zero-order valence-electron chi connectivity index (χ0n) is 26.7. The number of anilines is 1. The third kappa shape index (κ3) is 6.39. The number of methoxy groups -OCH3 is 1. The Bertz CT molecular complexity index is 2210. The number of pyridine rings is 1. The number of aromatic nitrogens is 1. The van der Waals surface area contributed by atoms with E-state index in [0.29, 0.717) is 65.2 Å². The van der Waals surface area contributed by atoms with Gasteiger partial charge in [0.1, 0.15) is 5.82 Å². The van der Waals surface area contributed by atoms with Crippen molar-refractivity contribution in [3.8, 4) is 17.2 Å². The summed E-state index contributed by atoms with van der Waals surface area (Å²) in [5.41, 5.74) is 3.49. The number of hydrogen-bond donors (Lipinski definition) is 1. The topological polar surface area (TPSA) is 97.8 Å². The minimum atomic E-state index is -3.83. The molecule has 1 aliphatic carbocycles. The normalized spacial score (nSPS) is 15.7. The lowest BCUT2D eigenvalue weighted by atomic mass is 9.99. The number of fused-ring (bicyclic) bond motifs is 2. The van der Waals surface area contributed by atoms with Crippen LogP contribution in [-0.4, -0.2) is 43.8 Å². The summed E-state index contributed by atoms with van der Waals surface area (Å²) in [6.45, 7) is 0.874. The highest BCUT2D eigenvalue weighted by Crippen LogP contribution is 2.41. The molecule has 1 aromatic heterocycles. The van der Waals surface area contributed by atoms with Crippen molar-refractivity contribution in [3.05, 3.63) is 118 Å². The number of halogens is 2. The first-order chi connectivity index (χ1) is 23.7. The lowest BCUT2D eigenvalue weighted by Crippen LogP contribution is -2.35. The fourth-order valence-electron chi connectivity index (χ4n) is 6.48. The molecule has 0 unspecified atom stereocenters. The number of hydrogen-bond acceptors (Lipinski definition) is 6. The van der Waals surface area contributed by atoms with Crippen LogP contribution < -0.4 is 14.8 Å². The molecule has 0 spiro atoms. The van der Waals surface area contributed by atoms with Crippen molar-refractivity contribution in [2.24, 2.45) is 0 Å². The quantitative estimate of drug-likeness (QED) is 0.174. The average molecular weight is 698 g/mol. The monoisotopic (exact) mass is 697 g/mol. The molecule has 1 aliphatic heterocycles. The molecule has 0 atom stereocenters. The van der Waals surface area contributed by atoms with Crippen molar-refractivity contribution in [2.75, 3.05) is 25.5 Å². The van der Waals surface area contributed by atoms with Gasteiger partial charge in [-0.05, 0) is 91.4 Å². The first-order valence-electron chi connectivity index (χ1n) is 16.1. The van der Waals surface area contributed by atoms with Crippen molar-refractivity contribution < 1.29 is 27.1 Å². The summed E-state index contributed by atoms with van der Waals surface area (Å²) in [5.74, 6) is 0.188. The van der Waals surface area contributed by atoms with E-state index in [0.717, 1.165) is 24.8 Å². The number of carbonyl (C=O) groups excluding carboxylic acids is 1. The lowest BCUT2D eigenvalue weighted by Gasteiger charge is -2.26. The number of carbonyl (C=O) groups is 1. The molecule has 49 heavy (non-hydrogen) atoms. The van der Waals surface area contributed by atoms with Crippen LogP contribution in [0.15, 0.2) is 89.8 Å². The summed E-state index contributed by atoms with van der Waals surface area (Å²) in [4.78, 5) is 19.4. The number of rotatable bonds is 8. The minimum absolute atomic E-state index is 0.0499. The standard InChI is InChI=1S/C38H33ClFN3O5S/c1-47-34-14-5-6-15-35(34)48-33-19-17-25(49(45,46)43-20-7-2-8-21-43)23-32(33)42-38(44)36-26-10-3-4-13-31(26)41-37-24(16-18-27(36)37)22-28-29(39)11-9-12-30(28)40/h3-6,9-15,17,19,22-23H,2,7-8,16,18,20-21H2,1H3,(H,42,44)/b24-22+. The van der Waals surface area contributed by atoms with Crippen LogP contribution in [0.3, 0.4) is 0 Å². The van der Waals surface area contributed by atoms with Crippen LogP contribution in [0.25, 0.3) is 22.6 Å². The Morgan fingerprint density at radius 3 is 2.45 bits per heavy atom. The second kappa shape index (κ2) is 13.6. The number of benzene rings is 4. The number of nitrogens with zero attached hydrogens (tertiary/aromatic N) is 2. The maximum absolute atomic E-state index is 14.8. The predicted octanol–water partition coefficient (Wildman–Crippen LogP) is 8.74. The Kier molecular flexibility index (Phi) is 9.11. The van der Waals surface area contributed by atoms with E-state index in [2.05, 4.69) is 5.32 Å². The first-order valence-corrected chi connectivity index (χ1v) is 17.9. The molecule has 11 heteroatoms. The van der Waals surface area contributed by atoms with E-state index in [1.165, 1.54) is 29.6 Å². The van der Waals surface area contributed by atoms with Crippen molar-refractivity contribution in [2.45, 2.75) is 37.0 Å². The highest BCUT2D eigenvalue weighted by Gasteiger charge is 2.30. The summed E-state index contributed by atoms with van der Waals surface area (Å²) in [6.07, 6.45) is 5.26. The van der Waals surface area contributed by atoms with Crippen LogP contribution in [0.4, 0.5) is 10.1 Å². The maximum Gasteiger partial charge on any atom is 0.256 e. The molecule has 1 N–H and O–H groups in total. The lowest BCUT2D eigenvalue weighted by molar-refractivity contribution is 0.102. The van der Waals surface area contributed by atoms with Crippen LogP contribution in [0.5, 0.6) is 17.2 Å². The van der Waals surface area contributed by atoms with Gasteiger partial charge in [0.15, 0.2) is 17.2 Å². The van der Waals surface area contributed by atoms with E-state index in [9.17, 15) is 17.6 Å². The van der Waals surface area contributed by atoms with Crippen molar-refractivity contribution in [1.29, 1.82) is 0 Å². The zero-order valence-corrected chi connectivity index (χ0v) is 28.3. The van der Waals surface area contributed by atoms with Gasteiger partial charge in [-0.1, -0.05) is 54.4 Å². The summed E-state index contributed by atoms with van der Waals surface area (Å²) < 4.78 is 55.4. The van der Waals surface area contributed by atoms with Gasteiger partial charge in [-0.25, -0.2) is 17.8 Å². The molecular weight excluding hydrogens is 665 g/mol. The first kappa shape index (κ1) is 32.8. The number of piperidine rings is 1. The van der Waals surface area contributed by atoms with Gasteiger partial charge in [0.25, 0.3) is 5.91 Å². The van der Waals surface area contributed by atoms with Crippen LogP contribution in [0, 0.1) is 5.82 Å². The molecule has 4 aromatic carbocycles. The molecule has 2 aliphatic rings. The Balaban J connectivity index is 1.33. The molecule has 2 heterocycles. The van der Waals surface area contributed by atoms with Crippen LogP contribution in [0.2, 0.25) is 5.02 Å². The number of amides is 1.